The predicted octanol–water partition coefficient (Wildman–Crippen LogP) is 4.19. The number of aromatic hydroxyl groups is 2. The predicted molar refractivity (Wildman–Crippen MR) is 91.6 cm³/mol. The Labute approximate surface area is 133 Å². The van der Waals surface area contributed by atoms with E-state index in [0.29, 0.717) is 5.56 Å². The highest BCUT2D eigenvalue weighted by Gasteiger charge is 1.98. The Morgan fingerprint density at radius 3 is 1.22 bits per heavy atom. The number of benzene rings is 3. The van der Waals surface area contributed by atoms with E-state index in [1.807, 2.05) is 48.5 Å². The largest absolute Gasteiger partial charge is 0.508 e. The summed E-state index contributed by atoms with van der Waals surface area (Å²) in [4.78, 5) is 9.03. The molecule has 0 unspecified atom stereocenters. The van der Waals surface area contributed by atoms with Crippen LogP contribution < -0.4 is 0 Å². The van der Waals surface area contributed by atoms with Crippen LogP contribution in [0.4, 0.5) is 0 Å². The van der Waals surface area contributed by atoms with E-state index in [1.54, 1.807) is 13.0 Å². The van der Waals surface area contributed by atoms with Crippen LogP contribution in [0.5, 0.6) is 11.5 Å². The van der Waals surface area contributed by atoms with Gasteiger partial charge < -0.3 is 10.2 Å². The third-order valence-electron chi connectivity index (χ3n) is 3.52. The zero-order valence-electron chi connectivity index (χ0n) is 12.6. The molecule has 4 rings (SSSR count). The number of rotatable bonds is 0. The fourth-order valence-corrected chi connectivity index (χ4v) is 2.18. The van der Waals surface area contributed by atoms with Gasteiger partial charge in [0.25, 0.3) is 0 Å². The van der Waals surface area contributed by atoms with Crippen LogP contribution in [0.25, 0.3) is 22.1 Å². The molecule has 114 valence electrons. The molecule has 1 aromatic heterocycles. The molecule has 0 fully saturated rings. The molecule has 4 aromatic rings. The second-order valence-electron chi connectivity index (χ2n) is 5.12. The second-order valence-corrected chi connectivity index (χ2v) is 5.12. The van der Waals surface area contributed by atoms with Crippen LogP contribution in [0.3, 0.4) is 0 Å². The highest BCUT2D eigenvalue weighted by Crippen LogP contribution is 2.23. The molecule has 0 saturated carbocycles. The molecule has 0 bridgehead atoms. The molecule has 0 aliphatic rings. The van der Waals surface area contributed by atoms with Gasteiger partial charge in [0.15, 0.2) is 0 Å². The van der Waals surface area contributed by atoms with E-state index in [2.05, 4.69) is 9.97 Å². The summed E-state index contributed by atoms with van der Waals surface area (Å²) in [6, 6.07) is 20.5. The number of phenolic OH excluding ortho intramolecular Hbond substituents is 2. The minimum atomic E-state index is 0.134. The first-order valence-corrected chi connectivity index (χ1v) is 7.24. The molecule has 0 aliphatic heterocycles. The van der Waals surface area contributed by atoms with Crippen molar-refractivity contribution >= 4 is 22.1 Å². The van der Waals surface area contributed by atoms with Crippen LogP contribution >= 0.6 is 0 Å². The summed E-state index contributed by atoms with van der Waals surface area (Å²) in [6.45, 7) is 1.66. The van der Waals surface area contributed by atoms with Crippen molar-refractivity contribution in [2.45, 2.75) is 6.92 Å². The highest BCUT2D eigenvalue weighted by molar-refractivity contribution is 5.85. The zero-order valence-corrected chi connectivity index (χ0v) is 12.6. The van der Waals surface area contributed by atoms with Crippen molar-refractivity contribution in [1.29, 1.82) is 0 Å². The van der Waals surface area contributed by atoms with Gasteiger partial charge in [0.05, 0.1) is 22.1 Å². The molecular formula is C19H16N2O2. The zero-order chi connectivity index (χ0) is 16.2. The number of nitrogens with zero attached hydrogens (tertiary/aromatic N) is 2. The maximum absolute atomic E-state index is 8.94. The Morgan fingerprint density at radius 1 is 0.565 bits per heavy atom. The summed E-state index contributed by atoms with van der Waals surface area (Å²) in [6.07, 6.45) is 0. The SMILES string of the molecule is Cc1c(O)cccc1O.c1ccc2nc3ccccc3nc2c1. The Morgan fingerprint density at radius 2 is 0.913 bits per heavy atom. The van der Waals surface area contributed by atoms with Crippen LogP contribution in [0, 0.1) is 6.92 Å². The molecule has 0 aliphatic carbocycles. The van der Waals surface area contributed by atoms with Gasteiger partial charge in [-0.15, -0.1) is 0 Å². The van der Waals surface area contributed by atoms with Crippen LogP contribution in [0.15, 0.2) is 66.7 Å². The van der Waals surface area contributed by atoms with Gasteiger partial charge in [0.1, 0.15) is 11.5 Å². The number of aromatic nitrogens is 2. The van der Waals surface area contributed by atoms with Gasteiger partial charge >= 0.3 is 0 Å². The van der Waals surface area contributed by atoms with Crippen molar-refractivity contribution in [2.75, 3.05) is 0 Å². The summed E-state index contributed by atoms with van der Waals surface area (Å²) in [5, 5.41) is 17.9. The highest BCUT2D eigenvalue weighted by atomic mass is 16.3. The second kappa shape index (κ2) is 6.32. The van der Waals surface area contributed by atoms with Crippen LogP contribution in [0.2, 0.25) is 0 Å². The summed E-state index contributed by atoms with van der Waals surface area (Å²) < 4.78 is 0. The van der Waals surface area contributed by atoms with E-state index in [-0.39, 0.29) is 11.5 Å². The van der Waals surface area contributed by atoms with Gasteiger partial charge in [-0.25, -0.2) is 9.97 Å². The molecular weight excluding hydrogens is 288 g/mol. The van der Waals surface area contributed by atoms with E-state index in [1.165, 1.54) is 12.1 Å². The van der Waals surface area contributed by atoms with Crippen molar-refractivity contribution in [3.05, 3.63) is 72.3 Å². The monoisotopic (exact) mass is 304 g/mol. The summed E-state index contributed by atoms with van der Waals surface area (Å²) >= 11 is 0. The lowest BCUT2D eigenvalue weighted by molar-refractivity contribution is 0.443. The minimum Gasteiger partial charge on any atom is -0.508 e. The van der Waals surface area contributed by atoms with Crippen molar-refractivity contribution in [3.8, 4) is 11.5 Å². The molecule has 4 heteroatoms. The lowest BCUT2D eigenvalue weighted by Crippen LogP contribution is -1.85. The lowest BCUT2D eigenvalue weighted by Gasteiger charge is -1.98. The number of para-hydroxylation sites is 4. The van der Waals surface area contributed by atoms with E-state index in [4.69, 9.17) is 10.2 Å². The average Bonchev–Trinajstić information content (AvgIpc) is 2.58. The number of hydrogen-bond donors (Lipinski definition) is 2. The third kappa shape index (κ3) is 3.21. The third-order valence-corrected chi connectivity index (χ3v) is 3.52. The van der Waals surface area contributed by atoms with Gasteiger partial charge in [-0.05, 0) is 43.3 Å². The molecule has 3 aromatic carbocycles. The molecule has 23 heavy (non-hydrogen) atoms. The summed E-state index contributed by atoms with van der Waals surface area (Å²) in [5.41, 5.74) is 4.33. The van der Waals surface area contributed by atoms with Crippen molar-refractivity contribution in [3.63, 3.8) is 0 Å². The minimum absolute atomic E-state index is 0.134. The summed E-state index contributed by atoms with van der Waals surface area (Å²) in [7, 11) is 0. The fraction of sp³-hybridized carbons (Fsp3) is 0.0526. The van der Waals surface area contributed by atoms with Gasteiger partial charge in [0.2, 0.25) is 0 Å². The topological polar surface area (TPSA) is 66.2 Å². The van der Waals surface area contributed by atoms with Crippen molar-refractivity contribution in [1.82, 2.24) is 9.97 Å². The van der Waals surface area contributed by atoms with Gasteiger partial charge in [-0.2, -0.15) is 0 Å². The normalized spacial score (nSPS) is 10.3. The number of hydrogen-bond acceptors (Lipinski definition) is 4. The Hall–Kier alpha value is -3.14. The molecule has 0 atom stereocenters. The van der Waals surface area contributed by atoms with E-state index >= 15 is 0 Å². The first-order valence-electron chi connectivity index (χ1n) is 7.24. The first-order chi connectivity index (χ1) is 11.1. The maximum atomic E-state index is 8.94. The average molecular weight is 304 g/mol. The molecule has 4 nitrogen and oxygen atoms in total. The molecule has 0 radical (unpaired) electrons. The Balaban J connectivity index is 0.000000151. The molecule has 1 heterocycles. The van der Waals surface area contributed by atoms with Crippen LogP contribution in [-0.2, 0) is 0 Å². The maximum Gasteiger partial charge on any atom is 0.122 e. The number of fused-ring (bicyclic) bond motifs is 2. The Kier molecular flexibility index (Phi) is 4.06. The smallest absolute Gasteiger partial charge is 0.122 e. The van der Waals surface area contributed by atoms with Gasteiger partial charge in [-0.1, -0.05) is 30.3 Å². The molecule has 0 spiro atoms. The van der Waals surface area contributed by atoms with E-state index in [9.17, 15) is 0 Å². The quantitative estimate of drug-likeness (QED) is 0.478. The molecule has 2 N–H and O–H groups in total. The van der Waals surface area contributed by atoms with E-state index < -0.39 is 0 Å². The van der Waals surface area contributed by atoms with Crippen molar-refractivity contribution < 1.29 is 10.2 Å². The van der Waals surface area contributed by atoms with Gasteiger partial charge in [0, 0.05) is 5.56 Å². The Bertz CT molecular complexity index is 842. The van der Waals surface area contributed by atoms with Crippen LogP contribution in [0.1, 0.15) is 5.56 Å². The molecule has 0 saturated heterocycles. The summed E-state index contributed by atoms with van der Waals surface area (Å²) in [5.74, 6) is 0.269. The first kappa shape index (κ1) is 14.8. The fourth-order valence-electron chi connectivity index (χ4n) is 2.18. The van der Waals surface area contributed by atoms with E-state index in [0.717, 1.165) is 22.1 Å². The number of phenols is 2. The lowest BCUT2D eigenvalue weighted by atomic mass is 10.2. The standard InChI is InChI=1S/C12H8N2.C7H8O2/c1-2-6-10-9(5-1)13-11-7-3-4-8-12(11)14-10;1-5-6(8)3-2-4-7(5)9/h1-8H;2-4,8-9H,1H3. The molecule has 0 amide bonds. The van der Waals surface area contributed by atoms with Gasteiger partial charge in [-0.3, -0.25) is 0 Å². The van der Waals surface area contributed by atoms with Crippen molar-refractivity contribution in [2.24, 2.45) is 0 Å². The van der Waals surface area contributed by atoms with Crippen LogP contribution in [-0.4, -0.2) is 20.2 Å².